The van der Waals surface area contributed by atoms with Crippen LogP contribution in [-0.2, 0) is 0 Å². The lowest BCUT2D eigenvalue weighted by Crippen LogP contribution is -2.43. The maximum atomic E-state index is 13.8. The van der Waals surface area contributed by atoms with Crippen molar-refractivity contribution in [1.82, 2.24) is 0 Å². The summed E-state index contributed by atoms with van der Waals surface area (Å²) >= 11 is 12.1. The molecule has 166 valence electrons. The van der Waals surface area contributed by atoms with Gasteiger partial charge in [0.1, 0.15) is 5.75 Å². The third kappa shape index (κ3) is 4.12. The van der Waals surface area contributed by atoms with Gasteiger partial charge in [-0.1, -0.05) is 35.3 Å². The highest BCUT2D eigenvalue weighted by molar-refractivity contribution is 6.31. The third-order valence-electron chi connectivity index (χ3n) is 5.49. The van der Waals surface area contributed by atoms with E-state index in [1.165, 1.54) is 6.07 Å². The van der Waals surface area contributed by atoms with Crippen molar-refractivity contribution in [2.75, 3.05) is 9.80 Å². The summed E-state index contributed by atoms with van der Waals surface area (Å²) in [6.07, 6.45) is 0. The van der Waals surface area contributed by atoms with E-state index in [1.54, 1.807) is 76.5 Å². The van der Waals surface area contributed by atoms with Crippen LogP contribution in [0.25, 0.3) is 0 Å². The Labute approximate surface area is 194 Å². The molecule has 0 radical (unpaired) electrons. The minimum atomic E-state index is -2.94. The lowest BCUT2D eigenvalue weighted by molar-refractivity contribution is -0.0499. The molecule has 1 unspecified atom stereocenters. The fourth-order valence-corrected chi connectivity index (χ4v) is 4.47. The number of nitrogens with zero attached hydrogens (tertiary/aromatic N) is 2. The summed E-state index contributed by atoms with van der Waals surface area (Å²) in [5.74, 6) is 0.0294. The van der Waals surface area contributed by atoms with E-state index in [4.69, 9.17) is 23.2 Å². The van der Waals surface area contributed by atoms with Gasteiger partial charge in [-0.3, -0.25) is 9.80 Å². The molecular weight excluding hydrogens is 457 g/mol. The van der Waals surface area contributed by atoms with Crippen molar-refractivity contribution in [2.24, 2.45) is 0 Å². The maximum absolute atomic E-state index is 13.8. The van der Waals surface area contributed by atoms with Crippen LogP contribution in [0.4, 0.5) is 25.0 Å². The zero-order valence-corrected chi connectivity index (χ0v) is 18.8. The number of carbonyl (C=O) groups excluding carboxylic acids is 1. The van der Waals surface area contributed by atoms with Gasteiger partial charge in [0.15, 0.2) is 0 Å². The highest BCUT2D eigenvalue weighted by Crippen LogP contribution is 2.48. The summed E-state index contributed by atoms with van der Waals surface area (Å²) < 4.78 is 30.2. The van der Waals surface area contributed by atoms with Crippen LogP contribution in [0.1, 0.15) is 25.5 Å². The fourth-order valence-electron chi connectivity index (χ4n) is 4.22. The average molecular weight is 477 g/mol. The number of hydrogen-bond acceptors (Lipinski definition) is 2. The first kappa shape index (κ1) is 22.4. The molecule has 3 aromatic rings. The molecule has 4 rings (SSSR count). The summed E-state index contributed by atoms with van der Waals surface area (Å²) in [5, 5.41) is 1.10. The molecule has 1 aliphatic heterocycles. The van der Waals surface area contributed by atoms with E-state index in [0.717, 1.165) is 0 Å². The van der Waals surface area contributed by atoms with Crippen molar-refractivity contribution in [3.8, 4) is 5.75 Å². The number of urea groups is 1. The second-order valence-corrected chi connectivity index (χ2v) is 8.82. The van der Waals surface area contributed by atoms with Crippen molar-refractivity contribution in [1.29, 1.82) is 0 Å². The first-order valence-electron chi connectivity index (χ1n) is 9.88. The number of carbonyl (C=O) groups is 1. The van der Waals surface area contributed by atoms with E-state index in [9.17, 15) is 13.6 Å². The molecule has 2 amide bonds. The molecule has 0 aromatic heterocycles. The quantitative estimate of drug-likeness (QED) is 0.380. The van der Waals surface area contributed by atoms with Gasteiger partial charge in [0, 0.05) is 21.4 Å². The molecule has 1 saturated heterocycles. The number of benzene rings is 3. The molecule has 4 nitrogen and oxygen atoms in total. The first-order valence-corrected chi connectivity index (χ1v) is 10.6. The Morgan fingerprint density at radius 3 is 2.03 bits per heavy atom. The molecule has 0 aliphatic carbocycles. The summed E-state index contributed by atoms with van der Waals surface area (Å²) in [6, 6.07) is 19.6. The van der Waals surface area contributed by atoms with Crippen LogP contribution in [0, 0.1) is 0 Å². The Morgan fingerprint density at radius 1 is 0.906 bits per heavy atom. The molecule has 1 fully saturated rings. The lowest BCUT2D eigenvalue weighted by atomic mass is 9.87. The van der Waals surface area contributed by atoms with Crippen LogP contribution >= 0.6 is 23.2 Å². The first-order chi connectivity index (χ1) is 15.2. The molecular formula is C24H20Cl2F2N2O2. The van der Waals surface area contributed by atoms with E-state index in [-0.39, 0.29) is 11.8 Å². The van der Waals surface area contributed by atoms with Crippen molar-refractivity contribution in [3.63, 3.8) is 0 Å². The molecule has 3 aromatic carbocycles. The second-order valence-electron chi connectivity index (χ2n) is 7.95. The molecule has 0 bridgehead atoms. The predicted octanol–water partition coefficient (Wildman–Crippen LogP) is 7.56. The largest absolute Gasteiger partial charge is 0.435 e. The Morgan fingerprint density at radius 2 is 1.47 bits per heavy atom. The van der Waals surface area contributed by atoms with E-state index in [1.807, 2.05) is 13.8 Å². The van der Waals surface area contributed by atoms with Gasteiger partial charge < -0.3 is 4.74 Å². The summed E-state index contributed by atoms with van der Waals surface area (Å²) in [5.41, 5.74) is 1.21. The Kier molecular flexibility index (Phi) is 6.01. The highest BCUT2D eigenvalue weighted by atomic mass is 35.5. The van der Waals surface area contributed by atoms with E-state index < -0.39 is 18.2 Å². The number of hydrogen-bond donors (Lipinski definition) is 0. The maximum Gasteiger partial charge on any atom is 0.387 e. The standard InChI is InChI=1S/C24H20Cl2F2N2O2/c1-24(2)21(15-4-3-5-20(14-15)32-22(27)28)29(18-10-6-16(25)7-11-18)23(31)30(24)19-12-8-17(26)9-13-19/h3-14,21-22H,1-2H3. The van der Waals surface area contributed by atoms with Crippen molar-refractivity contribution < 1.29 is 18.3 Å². The topological polar surface area (TPSA) is 32.8 Å². The SMILES string of the molecule is CC1(C)C(c2cccc(OC(F)F)c2)N(c2ccc(Cl)cc2)C(=O)N1c1ccc(Cl)cc1. The molecule has 0 saturated carbocycles. The Hall–Kier alpha value is -2.83. The third-order valence-corrected chi connectivity index (χ3v) is 5.99. The molecule has 1 heterocycles. The number of halogens is 4. The van der Waals surface area contributed by atoms with Gasteiger partial charge in [-0.25, -0.2) is 4.79 Å². The minimum absolute atomic E-state index is 0.0294. The smallest absolute Gasteiger partial charge is 0.387 e. The van der Waals surface area contributed by atoms with Gasteiger partial charge >= 0.3 is 12.6 Å². The summed E-state index contributed by atoms with van der Waals surface area (Å²) in [6.45, 7) is 0.919. The Balaban J connectivity index is 1.86. The predicted molar refractivity (Wildman–Crippen MR) is 123 cm³/mol. The molecule has 0 spiro atoms. The highest BCUT2D eigenvalue weighted by Gasteiger charge is 2.53. The number of anilines is 2. The van der Waals surface area contributed by atoms with E-state index >= 15 is 0 Å². The average Bonchev–Trinajstić information content (AvgIpc) is 2.94. The summed E-state index contributed by atoms with van der Waals surface area (Å²) in [4.78, 5) is 17.1. The van der Waals surface area contributed by atoms with Gasteiger partial charge in [-0.05, 0) is 80.1 Å². The molecule has 0 N–H and O–H groups in total. The lowest BCUT2D eigenvalue weighted by Gasteiger charge is -2.35. The molecule has 8 heteroatoms. The zero-order chi connectivity index (χ0) is 23.0. The van der Waals surface area contributed by atoms with Gasteiger partial charge in [-0.15, -0.1) is 0 Å². The van der Waals surface area contributed by atoms with Gasteiger partial charge in [0.2, 0.25) is 0 Å². The van der Waals surface area contributed by atoms with Crippen LogP contribution in [0.15, 0.2) is 72.8 Å². The monoisotopic (exact) mass is 476 g/mol. The normalized spacial score (nSPS) is 17.8. The molecule has 1 aliphatic rings. The van der Waals surface area contributed by atoms with Crippen LogP contribution in [0.2, 0.25) is 10.0 Å². The molecule has 32 heavy (non-hydrogen) atoms. The van der Waals surface area contributed by atoms with Crippen molar-refractivity contribution in [3.05, 3.63) is 88.4 Å². The number of alkyl halides is 2. The Bertz CT molecular complexity index is 1120. The van der Waals surface area contributed by atoms with Crippen molar-refractivity contribution in [2.45, 2.75) is 32.0 Å². The van der Waals surface area contributed by atoms with Crippen LogP contribution < -0.4 is 14.5 Å². The van der Waals surface area contributed by atoms with Gasteiger partial charge in [-0.2, -0.15) is 8.78 Å². The fraction of sp³-hybridized carbons (Fsp3) is 0.208. The van der Waals surface area contributed by atoms with Crippen LogP contribution in [-0.4, -0.2) is 18.2 Å². The zero-order valence-electron chi connectivity index (χ0n) is 17.3. The minimum Gasteiger partial charge on any atom is -0.435 e. The second kappa shape index (κ2) is 8.60. The van der Waals surface area contributed by atoms with Gasteiger partial charge in [0.25, 0.3) is 0 Å². The number of rotatable bonds is 5. The van der Waals surface area contributed by atoms with E-state index in [0.29, 0.717) is 27.0 Å². The number of ether oxygens (including phenoxy) is 1. The molecule has 1 atom stereocenters. The van der Waals surface area contributed by atoms with E-state index in [2.05, 4.69) is 4.74 Å². The van der Waals surface area contributed by atoms with Crippen LogP contribution in [0.5, 0.6) is 5.75 Å². The number of amides is 2. The van der Waals surface area contributed by atoms with Gasteiger partial charge in [0.05, 0.1) is 11.6 Å². The summed E-state index contributed by atoms with van der Waals surface area (Å²) in [7, 11) is 0. The van der Waals surface area contributed by atoms with Crippen LogP contribution in [0.3, 0.4) is 0 Å². The van der Waals surface area contributed by atoms with Crippen molar-refractivity contribution >= 4 is 40.6 Å².